The topological polar surface area (TPSA) is 239 Å². The number of nitrogens with zero attached hydrogens (tertiary/aromatic N) is 8. The summed E-state index contributed by atoms with van der Waals surface area (Å²) in [5.74, 6) is -4.73. The molecule has 0 radical (unpaired) electrons. The van der Waals surface area contributed by atoms with Crippen LogP contribution in [-0.2, 0) is 20.9 Å². The van der Waals surface area contributed by atoms with E-state index in [0.29, 0.717) is 101 Å². The highest BCUT2D eigenvalue weighted by molar-refractivity contribution is 7.23. The monoisotopic (exact) mass is 1200 g/mol. The number of likely N-dealkylation sites (tertiary alicyclic amines) is 1. The van der Waals surface area contributed by atoms with Gasteiger partial charge < -0.3 is 50.6 Å². The van der Waals surface area contributed by atoms with Gasteiger partial charge in [-0.15, -0.1) is 16.4 Å². The largest absolute Gasteiger partial charge is 0.486 e. The van der Waals surface area contributed by atoms with Crippen LogP contribution in [0.25, 0.3) is 54.5 Å². The SMILES string of the molecule is CC(C)[C@@H](C(=O)N1C[C@H](O)C[C@H]1C(=O)N[C@@H](CO)c1ccc(-c2c(F)ccc(F)c2F)cc1)n1cc(-c2ccc(COc3c(-c4ccc(F)c5sc(N)c(C#N)c45)c(Cl)cc4c(N5C[C@H]6CC[C@@H](C5)N6)nc(OC5CCOCC5)nc34)cc2)nn1. The van der Waals surface area contributed by atoms with Gasteiger partial charge in [-0.3, -0.25) is 9.59 Å². The van der Waals surface area contributed by atoms with Crippen molar-refractivity contribution in [2.45, 2.75) is 95.0 Å². The predicted octanol–water partition coefficient (Wildman–Crippen LogP) is 9.19. The number of anilines is 2. The Kier molecular flexibility index (Phi) is 16.1. The second kappa shape index (κ2) is 23.8. The number of nitrogens with one attached hydrogen (secondary N) is 2. The summed E-state index contributed by atoms with van der Waals surface area (Å²) in [5, 5.41) is 48.2. The van der Waals surface area contributed by atoms with Crippen LogP contribution in [0.15, 0.2) is 85.1 Å². The number of hydrogen-bond acceptors (Lipinski definition) is 16. The summed E-state index contributed by atoms with van der Waals surface area (Å²) in [6, 6.07) is 18.8. The molecule has 0 unspecified atom stereocenters. The zero-order valence-corrected chi connectivity index (χ0v) is 47.6. The molecule has 7 heterocycles. The van der Waals surface area contributed by atoms with Gasteiger partial charge in [0, 0.05) is 72.9 Å². The summed E-state index contributed by atoms with van der Waals surface area (Å²) in [6.07, 6.45) is 3.64. The lowest BCUT2D eigenvalue weighted by atomic mass is 9.96. The normalized spacial score (nSPS) is 19.6. The maximum atomic E-state index is 15.6. The maximum Gasteiger partial charge on any atom is 0.319 e. The van der Waals surface area contributed by atoms with E-state index in [1.165, 1.54) is 39.9 Å². The molecular weight excluding hydrogens is 1140 g/mol. The third-order valence-corrected chi connectivity index (χ3v) is 17.7. The molecule has 4 fully saturated rings. The molecule has 0 spiro atoms. The molecule has 4 saturated heterocycles. The van der Waals surface area contributed by atoms with Crippen molar-refractivity contribution in [3.63, 3.8) is 0 Å². The molecule has 4 aliphatic heterocycles. The van der Waals surface area contributed by atoms with E-state index in [0.717, 1.165) is 30.2 Å². The van der Waals surface area contributed by atoms with Gasteiger partial charge in [-0.1, -0.05) is 85.3 Å². The fourth-order valence-electron chi connectivity index (χ4n) is 12.1. The average molecular weight is 1200 g/mol. The van der Waals surface area contributed by atoms with Crippen LogP contribution in [0, 0.1) is 40.5 Å². The summed E-state index contributed by atoms with van der Waals surface area (Å²) in [5.41, 5.74) is 9.27. The van der Waals surface area contributed by atoms with E-state index >= 15 is 4.39 Å². The molecule has 3 aromatic heterocycles. The second-order valence-corrected chi connectivity index (χ2v) is 23.7. The third kappa shape index (κ3) is 11.2. The number of ether oxygens (including phenoxy) is 3. The molecule has 0 saturated carbocycles. The van der Waals surface area contributed by atoms with Gasteiger partial charge >= 0.3 is 6.01 Å². The molecule has 85 heavy (non-hydrogen) atoms. The van der Waals surface area contributed by atoms with Crippen molar-refractivity contribution >= 4 is 66.6 Å². The second-order valence-electron chi connectivity index (χ2n) is 22.3. The number of piperazine rings is 1. The Morgan fingerprint density at radius 1 is 0.929 bits per heavy atom. The smallest absolute Gasteiger partial charge is 0.319 e. The standard InChI is InChI=1S/C61H58ClF4N11O7S/c1-30(2)54(60(81)76-26-37(79)21-48(76)59(80)70-47(28-78)33-7-9-34(10-8-33)49-43(63)15-16-44(64)52(49)66)77-27-46(73-74-77)32-5-3-31(4-6-32)29-83-55-51(39-13-14-45(65)56-50(39)41(23-67)57(68)85-56)42(62)22-40-53(55)71-61(84-38-17-19-82-20-18-38)72-58(40)75-24-35-11-12-36(25-75)69-35/h3-10,13-16,22,27,30,35-38,47-48,54,69,78-79H,11-12,17-21,24-26,28-29,68H2,1-2H3,(H,70,80)/t35-,36+,37-,47+,48+,54+/m1/s1. The number of nitrogen functional groups attached to an aromatic ring is 1. The summed E-state index contributed by atoms with van der Waals surface area (Å²) >= 11 is 8.39. The number of amides is 2. The number of aromatic nitrogens is 5. The Morgan fingerprint density at radius 3 is 2.34 bits per heavy atom. The highest BCUT2D eigenvalue weighted by Crippen LogP contribution is 2.50. The fourth-order valence-corrected chi connectivity index (χ4v) is 13.3. The molecule has 18 nitrogen and oxygen atoms in total. The van der Waals surface area contributed by atoms with Crippen molar-refractivity contribution in [1.82, 2.24) is 40.5 Å². The van der Waals surface area contributed by atoms with Crippen molar-refractivity contribution in [3.8, 4) is 51.3 Å². The van der Waals surface area contributed by atoms with E-state index in [9.17, 15) is 38.2 Å². The van der Waals surface area contributed by atoms with Crippen LogP contribution < -0.4 is 30.7 Å². The number of nitriles is 1. The number of aliphatic hydroxyl groups is 2. The van der Waals surface area contributed by atoms with Gasteiger partial charge in [0.2, 0.25) is 11.8 Å². The number of halogens is 5. The minimum absolute atomic E-state index is 0.0192. The fraction of sp³-hybridized carbons (Fsp3) is 0.361. The molecule has 4 aliphatic rings. The van der Waals surface area contributed by atoms with Gasteiger partial charge in [0.1, 0.15) is 64.5 Å². The zero-order chi connectivity index (χ0) is 59.4. The maximum absolute atomic E-state index is 15.6. The molecule has 8 aromatic rings. The molecule has 2 bridgehead atoms. The van der Waals surface area contributed by atoms with Crippen LogP contribution in [-0.4, -0.2) is 122 Å². The number of fused-ring (bicyclic) bond motifs is 4. The Labute approximate surface area is 494 Å². The Balaban J connectivity index is 0.815. The molecule has 6 N–H and O–H groups in total. The first-order chi connectivity index (χ1) is 41.0. The Bertz CT molecular complexity index is 3910. The number of hydrogen-bond donors (Lipinski definition) is 5. The van der Waals surface area contributed by atoms with Crippen LogP contribution in [0.1, 0.15) is 74.7 Å². The minimum atomic E-state index is -1.35. The van der Waals surface area contributed by atoms with Crippen molar-refractivity contribution in [1.29, 1.82) is 5.26 Å². The number of carbonyl (C=O) groups is 2. The van der Waals surface area contributed by atoms with Gasteiger partial charge in [0.05, 0.1) is 59.0 Å². The average Bonchev–Trinajstić information content (AvgIpc) is 2.32. The molecule has 12 rings (SSSR count). The Hall–Kier alpha value is -7.98. The molecule has 24 heteroatoms. The summed E-state index contributed by atoms with van der Waals surface area (Å²) < 4.78 is 79.5. The number of aliphatic hydroxyl groups excluding tert-OH is 2. The number of nitrogens with two attached hydrogens (primary N) is 1. The van der Waals surface area contributed by atoms with Gasteiger partial charge in [-0.05, 0) is 65.3 Å². The van der Waals surface area contributed by atoms with E-state index in [4.69, 9.17) is 41.5 Å². The Morgan fingerprint density at radius 2 is 1.64 bits per heavy atom. The van der Waals surface area contributed by atoms with Crippen molar-refractivity contribution < 1.29 is 51.6 Å². The van der Waals surface area contributed by atoms with Crippen LogP contribution >= 0.6 is 22.9 Å². The highest BCUT2D eigenvalue weighted by Gasteiger charge is 2.44. The lowest BCUT2D eigenvalue weighted by Gasteiger charge is -2.34. The first-order valence-corrected chi connectivity index (χ1v) is 29.2. The number of benzene rings is 5. The van der Waals surface area contributed by atoms with Crippen LogP contribution in [0.4, 0.5) is 28.4 Å². The van der Waals surface area contributed by atoms with Crippen LogP contribution in [0.2, 0.25) is 5.02 Å². The molecule has 440 valence electrons. The van der Waals surface area contributed by atoms with Crippen molar-refractivity contribution in [2.75, 3.05) is 50.1 Å². The van der Waals surface area contributed by atoms with E-state index in [1.807, 2.05) is 38.1 Å². The van der Waals surface area contributed by atoms with Gasteiger partial charge in [-0.2, -0.15) is 15.2 Å². The quantitative estimate of drug-likeness (QED) is 0.0448. The number of thiophene rings is 1. The first-order valence-electron chi connectivity index (χ1n) is 28.0. The molecule has 0 aliphatic carbocycles. The van der Waals surface area contributed by atoms with Crippen molar-refractivity contribution in [2.24, 2.45) is 5.92 Å². The third-order valence-electron chi connectivity index (χ3n) is 16.3. The first kappa shape index (κ1) is 57.5. The molecular formula is C61H58ClF4N11O7S. The van der Waals surface area contributed by atoms with E-state index in [-0.39, 0.29) is 81.3 Å². The highest BCUT2D eigenvalue weighted by atomic mass is 35.5. The number of carbonyl (C=O) groups excluding carboxylic acids is 2. The number of β-amino-alcohol motifs (C(OH)–C–C–N with tert-alkyl or cyclic N) is 1. The lowest BCUT2D eigenvalue weighted by Crippen LogP contribution is -2.51. The molecule has 5 aromatic carbocycles. The van der Waals surface area contributed by atoms with Gasteiger partial charge in [0.15, 0.2) is 17.4 Å². The molecule has 6 atom stereocenters. The van der Waals surface area contributed by atoms with Gasteiger partial charge in [0.25, 0.3) is 0 Å². The van der Waals surface area contributed by atoms with E-state index in [1.54, 1.807) is 18.3 Å². The van der Waals surface area contributed by atoms with E-state index < -0.39 is 71.5 Å². The molecule has 2 amide bonds. The summed E-state index contributed by atoms with van der Waals surface area (Å²) in [6.45, 7) is 5.32. The predicted molar refractivity (Wildman–Crippen MR) is 311 cm³/mol. The van der Waals surface area contributed by atoms with Crippen molar-refractivity contribution in [3.05, 3.63) is 130 Å². The van der Waals surface area contributed by atoms with Crippen LogP contribution in [0.5, 0.6) is 11.8 Å². The minimum Gasteiger partial charge on any atom is -0.486 e. The summed E-state index contributed by atoms with van der Waals surface area (Å²) in [7, 11) is 0. The number of rotatable bonds is 16. The van der Waals surface area contributed by atoms with Crippen LogP contribution in [0.3, 0.4) is 0 Å². The zero-order valence-electron chi connectivity index (χ0n) is 46.1. The van der Waals surface area contributed by atoms with E-state index in [2.05, 4.69) is 31.9 Å². The summed E-state index contributed by atoms with van der Waals surface area (Å²) in [4.78, 5) is 42.2. The van der Waals surface area contributed by atoms with Gasteiger partial charge in [-0.25, -0.2) is 22.2 Å². The lowest BCUT2D eigenvalue weighted by molar-refractivity contribution is -0.142.